The molecule has 2 rings (SSSR count). The van der Waals surface area contributed by atoms with Gasteiger partial charge in [-0.25, -0.2) is 9.97 Å². The number of nitrogens with one attached hydrogen (secondary N) is 1. The first-order chi connectivity index (χ1) is 10.5. The van der Waals surface area contributed by atoms with E-state index < -0.39 is 0 Å². The maximum Gasteiger partial charge on any atom is 0.263 e. The molecule has 0 radical (unpaired) electrons. The van der Waals surface area contributed by atoms with Gasteiger partial charge in [0.15, 0.2) is 5.89 Å². The largest absolute Gasteiger partial charge is 0.444 e. The molecule has 0 aliphatic rings. The van der Waals surface area contributed by atoms with Crippen LogP contribution in [0.1, 0.15) is 58.9 Å². The second-order valence-electron chi connectivity index (χ2n) is 4.81. The fraction of sp³-hybridized carbons (Fsp3) is 0.533. The molecule has 22 heavy (non-hydrogen) atoms. The van der Waals surface area contributed by atoms with Crippen LogP contribution in [0.4, 0.5) is 0 Å². The number of aromatic nitrogens is 2. The fourth-order valence-electron chi connectivity index (χ4n) is 1.95. The lowest BCUT2D eigenvalue weighted by Gasteiger charge is -2.06. The van der Waals surface area contributed by atoms with E-state index in [1.807, 2.05) is 27.7 Å². The summed E-state index contributed by atoms with van der Waals surface area (Å²) in [6.07, 6.45) is 2.22. The molecule has 0 saturated heterocycles. The molecular weight excluding hydrogens is 302 g/mol. The number of aryl methyl sites for hydroxylation is 2. The summed E-state index contributed by atoms with van der Waals surface area (Å²) in [7, 11) is 0. The van der Waals surface area contributed by atoms with Crippen molar-refractivity contribution in [2.24, 2.45) is 0 Å². The zero-order valence-electron chi connectivity index (χ0n) is 13.3. The number of oxazole rings is 1. The lowest BCUT2D eigenvalue weighted by Crippen LogP contribution is -2.21. The highest BCUT2D eigenvalue weighted by molar-refractivity contribution is 7.13. The predicted octanol–water partition coefficient (Wildman–Crippen LogP) is 3.03. The van der Waals surface area contributed by atoms with E-state index in [9.17, 15) is 4.79 Å². The quantitative estimate of drug-likeness (QED) is 0.847. The summed E-state index contributed by atoms with van der Waals surface area (Å²) in [5.74, 6) is 1.21. The molecule has 1 amide bonds. The molecular formula is C15H21N3O3S. The Kier molecular flexibility index (Phi) is 5.68. The van der Waals surface area contributed by atoms with Gasteiger partial charge in [-0.2, -0.15) is 0 Å². The number of rotatable bonds is 7. The molecule has 120 valence electrons. The third-order valence-electron chi connectivity index (χ3n) is 3.16. The zero-order chi connectivity index (χ0) is 16.1. The Bertz CT molecular complexity index is 636. The molecule has 0 aliphatic heterocycles. The zero-order valence-corrected chi connectivity index (χ0v) is 14.1. The van der Waals surface area contributed by atoms with Crippen molar-refractivity contribution in [2.75, 3.05) is 6.61 Å². The van der Waals surface area contributed by atoms with Gasteiger partial charge in [-0.1, -0.05) is 6.92 Å². The minimum absolute atomic E-state index is 0.0971. The molecule has 0 aliphatic carbocycles. The normalized spacial score (nSPS) is 12.4. The lowest BCUT2D eigenvalue weighted by atomic mass is 10.3. The van der Waals surface area contributed by atoms with Gasteiger partial charge >= 0.3 is 0 Å². The number of hydrogen-bond donors (Lipinski definition) is 1. The third-order valence-corrected chi connectivity index (χ3v) is 4.32. The highest BCUT2D eigenvalue weighted by atomic mass is 32.1. The fourth-order valence-corrected chi connectivity index (χ4v) is 2.79. The van der Waals surface area contributed by atoms with Crippen molar-refractivity contribution in [3.05, 3.63) is 33.4 Å². The molecule has 1 atom stereocenters. The van der Waals surface area contributed by atoms with Gasteiger partial charge in [0.25, 0.3) is 5.91 Å². The van der Waals surface area contributed by atoms with E-state index in [1.54, 1.807) is 6.20 Å². The molecule has 7 heteroatoms. The van der Waals surface area contributed by atoms with E-state index in [-0.39, 0.29) is 12.0 Å². The standard InChI is InChI=1S/C15H21N3O3S/c1-5-13-18-9(3)11(21-13)7-16-14(19)12-8-17-15(22-12)10(4)20-6-2/h8,10H,5-7H2,1-4H3,(H,16,19). The predicted molar refractivity (Wildman–Crippen MR) is 83.9 cm³/mol. The number of carbonyl (C=O) groups excluding carboxylic acids is 1. The summed E-state index contributed by atoms with van der Waals surface area (Å²) in [6, 6.07) is 0. The summed E-state index contributed by atoms with van der Waals surface area (Å²) >= 11 is 1.34. The second kappa shape index (κ2) is 7.51. The SMILES string of the molecule is CCOC(C)c1ncc(C(=O)NCc2oc(CC)nc2C)s1. The van der Waals surface area contributed by atoms with Crippen molar-refractivity contribution in [1.82, 2.24) is 15.3 Å². The molecule has 0 saturated carbocycles. The van der Waals surface area contributed by atoms with Crippen LogP contribution in [0.2, 0.25) is 0 Å². The number of carbonyl (C=O) groups is 1. The molecule has 2 aromatic rings. The minimum atomic E-state index is -0.165. The Labute approximate surface area is 133 Å². The van der Waals surface area contributed by atoms with Gasteiger partial charge in [0.1, 0.15) is 21.7 Å². The van der Waals surface area contributed by atoms with Gasteiger partial charge in [-0.3, -0.25) is 4.79 Å². The van der Waals surface area contributed by atoms with Crippen LogP contribution in [-0.4, -0.2) is 22.5 Å². The Hall–Kier alpha value is -1.73. The summed E-state index contributed by atoms with van der Waals surface area (Å²) in [5.41, 5.74) is 0.812. The molecule has 0 aromatic carbocycles. The monoisotopic (exact) mass is 323 g/mol. The third kappa shape index (κ3) is 3.92. The Balaban J connectivity index is 1.96. The molecule has 1 N–H and O–H groups in total. The summed E-state index contributed by atoms with van der Waals surface area (Å²) < 4.78 is 11.0. The van der Waals surface area contributed by atoms with E-state index in [4.69, 9.17) is 9.15 Å². The van der Waals surface area contributed by atoms with E-state index >= 15 is 0 Å². The number of thiazole rings is 1. The van der Waals surface area contributed by atoms with Crippen molar-refractivity contribution in [2.45, 2.75) is 46.8 Å². The van der Waals surface area contributed by atoms with Crippen LogP contribution in [0.15, 0.2) is 10.6 Å². The van der Waals surface area contributed by atoms with Crippen molar-refractivity contribution in [3.63, 3.8) is 0 Å². The van der Waals surface area contributed by atoms with Crippen LogP contribution in [0, 0.1) is 6.92 Å². The van der Waals surface area contributed by atoms with Gasteiger partial charge < -0.3 is 14.5 Å². The molecule has 1 unspecified atom stereocenters. The molecule has 6 nitrogen and oxygen atoms in total. The van der Waals surface area contributed by atoms with E-state index in [1.165, 1.54) is 11.3 Å². The molecule has 2 aromatic heterocycles. The summed E-state index contributed by atoms with van der Waals surface area (Å²) in [5, 5.41) is 3.64. The maximum atomic E-state index is 12.2. The average molecular weight is 323 g/mol. The smallest absolute Gasteiger partial charge is 0.263 e. The Morgan fingerprint density at radius 3 is 2.91 bits per heavy atom. The topological polar surface area (TPSA) is 77.2 Å². The van der Waals surface area contributed by atoms with Gasteiger partial charge in [-0.15, -0.1) is 11.3 Å². The highest BCUT2D eigenvalue weighted by Gasteiger charge is 2.16. The van der Waals surface area contributed by atoms with Crippen LogP contribution < -0.4 is 5.32 Å². The number of amides is 1. The van der Waals surface area contributed by atoms with Crippen molar-refractivity contribution >= 4 is 17.2 Å². The first kappa shape index (κ1) is 16.6. The van der Waals surface area contributed by atoms with Crippen LogP contribution in [0.25, 0.3) is 0 Å². The van der Waals surface area contributed by atoms with E-state index in [0.717, 1.165) is 17.1 Å². The summed E-state index contributed by atoms with van der Waals surface area (Å²) in [6.45, 7) is 8.65. The summed E-state index contributed by atoms with van der Waals surface area (Å²) in [4.78, 5) is 21.2. The Morgan fingerprint density at radius 2 is 2.27 bits per heavy atom. The molecule has 2 heterocycles. The van der Waals surface area contributed by atoms with Crippen LogP contribution in [0.5, 0.6) is 0 Å². The van der Waals surface area contributed by atoms with Crippen LogP contribution >= 0.6 is 11.3 Å². The highest BCUT2D eigenvalue weighted by Crippen LogP contribution is 2.22. The molecule has 0 bridgehead atoms. The first-order valence-corrected chi connectivity index (χ1v) is 8.17. The van der Waals surface area contributed by atoms with Crippen LogP contribution in [-0.2, 0) is 17.7 Å². The first-order valence-electron chi connectivity index (χ1n) is 7.35. The average Bonchev–Trinajstić information content (AvgIpc) is 3.12. The van der Waals surface area contributed by atoms with Crippen molar-refractivity contribution in [3.8, 4) is 0 Å². The van der Waals surface area contributed by atoms with Crippen molar-refractivity contribution < 1.29 is 13.9 Å². The van der Waals surface area contributed by atoms with Gasteiger partial charge in [0.2, 0.25) is 0 Å². The Morgan fingerprint density at radius 1 is 1.50 bits per heavy atom. The van der Waals surface area contributed by atoms with E-state index in [0.29, 0.717) is 29.7 Å². The van der Waals surface area contributed by atoms with Crippen molar-refractivity contribution in [1.29, 1.82) is 0 Å². The molecule has 0 fully saturated rings. The van der Waals surface area contributed by atoms with Crippen LogP contribution in [0.3, 0.4) is 0 Å². The number of nitrogens with zero attached hydrogens (tertiary/aromatic N) is 2. The number of hydrogen-bond acceptors (Lipinski definition) is 6. The van der Waals surface area contributed by atoms with Gasteiger partial charge in [0, 0.05) is 13.0 Å². The number of ether oxygens (including phenoxy) is 1. The second-order valence-corrected chi connectivity index (χ2v) is 5.87. The van der Waals surface area contributed by atoms with Gasteiger partial charge in [0.05, 0.1) is 18.4 Å². The van der Waals surface area contributed by atoms with Gasteiger partial charge in [-0.05, 0) is 20.8 Å². The maximum absolute atomic E-state index is 12.2. The molecule has 0 spiro atoms. The lowest BCUT2D eigenvalue weighted by molar-refractivity contribution is 0.0762. The minimum Gasteiger partial charge on any atom is -0.444 e. The van der Waals surface area contributed by atoms with E-state index in [2.05, 4.69) is 15.3 Å².